The summed E-state index contributed by atoms with van der Waals surface area (Å²) in [6.45, 7) is 0. The van der Waals surface area contributed by atoms with Crippen molar-refractivity contribution in [1.29, 1.82) is 0 Å². The van der Waals surface area contributed by atoms with Crippen LogP contribution >= 0.6 is 0 Å². The summed E-state index contributed by atoms with van der Waals surface area (Å²) in [6.07, 6.45) is 0. The SMILES string of the molecule is O.O.O.O.[Nb].[PbH2].[Sc].[Ti]. The average Bonchev–Trinajstić information content (AvgIpc) is 0. The van der Waals surface area contributed by atoms with Crippen molar-refractivity contribution in [3.05, 3.63) is 0 Å². The van der Waals surface area contributed by atoms with Crippen molar-refractivity contribution in [2.75, 3.05) is 0 Å². The Hall–Kier alpha value is 3.09. The van der Waals surface area contributed by atoms with Crippen LogP contribution in [0, 0.1) is 0 Å². The van der Waals surface area contributed by atoms with Gasteiger partial charge in [-0.05, 0) is 0 Å². The third-order valence-corrected chi connectivity index (χ3v) is 0. The second-order valence-corrected chi connectivity index (χ2v) is 0. The first-order valence-electron chi connectivity index (χ1n) is 0. The normalized spacial score (nSPS) is 0. The third kappa shape index (κ3) is 62.4. The van der Waals surface area contributed by atoms with Crippen LogP contribution in [0.5, 0.6) is 0 Å². The van der Waals surface area contributed by atoms with Crippen molar-refractivity contribution >= 4 is 27.3 Å². The second kappa shape index (κ2) is 87.4. The van der Waals surface area contributed by atoms with E-state index in [0.29, 0.717) is 0 Å². The molecule has 0 aromatic rings. The number of hydrogen-bond donors (Lipinski definition) is 0. The maximum atomic E-state index is 0. The van der Waals surface area contributed by atoms with E-state index in [1.165, 1.54) is 0 Å². The Bertz CT molecular complexity index is 16.0. The molecule has 4 nitrogen and oxygen atoms in total. The molecule has 0 bridgehead atoms. The van der Waals surface area contributed by atoms with E-state index < -0.39 is 0 Å². The van der Waals surface area contributed by atoms with Crippen LogP contribution in [-0.2, 0) is 69.9 Å². The Kier molecular flexibility index (Phi) is 1290. The molecule has 0 atom stereocenters. The van der Waals surface area contributed by atoms with Gasteiger partial charge in [-0.3, -0.25) is 0 Å². The molecule has 0 fully saturated rings. The molecule has 8 heteroatoms. The van der Waals surface area contributed by atoms with E-state index in [9.17, 15) is 0 Å². The van der Waals surface area contributed by atoms with Gasteiger partial charge in [-0.15, -0.1) is 0 Å². The Morgan fingerprint density at radius 1 is 0.625 bits per heavy atom. The first-order chi connectivity index (χ1) is 0. The molecule has 0 aromatic carbocycles. The van der Waals surface area contributed by atoms with Crippen LogP contribution in [0.1, 0.15) is 0 Å². The van der Waals surface area contributed by atoms with Crippen LogP contribution in [0.15, 0.2) is 0 Å². The van der Waals surface area contributed by atoms with Crippen LogP contribution in [0.4, 0.5) is 0 Å². The van der Waals surface area contributed by atoms with E-state index in [-0.39, 0.29) is 119 Å². The Morgan fingerprint density at radius 3 is 0.625 bits per heavy atom. The van der Waals surface area contributed by atoms with Gasteiger partial charge < -0.3 is 21.9 Å². The van der Waals surface area contributed by atoms with Crippen LogP contribution in [-0.4, -0.2) is 49.2 Å². The van der Waals surface area contributed by atoms with E-state index in [0.717, 1.165) is 0 Å². The molecule has 0 aliphatic rings. The zero-order valence-electron chi connectivity index (χ0n) is 4.23. The molecule has 0 amide bonds. The summed E-state index contributed by atoms with van der Waals surface area (Å²) < 4.78 is 0. The number of hydrogen-bond acceptors (Lipinski definition) is 0. The van der Waals surface area contributed by atoms with E-state index >= 15 is 0 Å². The average molecular weight is 467 g/mol. The van der Waals surface area contributed by atoms with Crippen molar-refractivity contribution in [3.8, 4) is 0 Å². The topological polar surface area (TPSA) is 126 Å². The number of rotatable bonds is 0. The largest absolute Gasteiger partial charge is 0 e. The molecule has 0 rings (SSSR count). The molecule has 0 saturated carbocycles. The van der Waals surface area contributed by atoms with E-state index in [1.807, 2.05) is 0 Å². The summed E-state index contributed by atoms with van der Waals surface area (Å²) in [7, 11) is 0. The third-order valence-electron chi connectivity index (χ3n) is 0. The smallest absolute Gasteiger partial charge is 0 e. The first-order valence-corrected chi connectivity index (χ1v) is 0. The zero-order valence-corrected chi connectivity index (χ0v) is 15.3. The van der Waals surface area contributed by atoms with E-state index in [2.05, 4.69) is 0 Å². The van der Waals surface area contributed by atoms with Gasteiger partial charge in [-0.25, -0.2) is 0 Å². The monoisotopic (exact) mass is 468 g/mol. The van der Waals surface area contributed by atoms with Crippen molar-refractivity contribution in [2.24, 2.45) is 0 Å². The molecular weight excluding hydrogens is 457 g/mol. The molecule has 0 aromatic heterocycles. The van der Waals surface area contributed by atoms with Gasteiger partial charge in [0.2, 0.25) is 0 Å². The Morgan fingerprint density at radius 2 is 0.625 bits per heavy atom. The molecule has 8 N–H and O–H groups in total. The van der Waals surface area contributed by atoms with Crippen molar-refractivity contribution in [2.45, 2.75) is 0 Å². The summed E-state index contributed by atoms with van der Waals surface area (Å²) in [5.41, 5.74) is 0. The molecule has 0 aliphatic heterocycles. The van der Waals surface area contributed by atoms with E-state index in [4.69, 9.17) is 0 Å². The van der Waals surface area contributed by atoms with Crippen molar-refractivity contribution < 1.29 is 91.8 Å². The van der Waals surface area contributed by atoms with Crippen LogP contribution < -0.4 is 0 Å². The summed E-state index contributed by atoms with van der Waals surface area (Å²) in [4.78, 5) is 0. The molecule has 0 spiro atoms. The molecule has 8 heavy (non-hydrogen) atoms. The Labute approximate surface area is 117 Å². The minimum atomic E-state index is 0. The Balaban J connectivity index is 0. The van der Waals surface area contributed by atoms with Crippen LogP contribution in [0.3, 0.4) is 0 Å². The van der Waals surface area contributed by atoms with Gasteiger partial charge in [-0.2, -0.15) is 0 Å². The van der Waals surface area contributed by atoms with Gasteiger partial charge in [0, 0.05) is 69.9 Å². The maximum Gasteiger partial charge on any atom is 0 e. The summed E-state index contributed by atoms with van der Waals surface area (Å²) in [6, 6.07) is 0. The molecule has 50 valence electrons. The van der Waals surface area contributed by atoms with Gasteiger partial charge in [0.1, 0.15) is 0 Å². The van der Waals surface area contributed by atoms with Gasteiger partial charge in [0.05, 0.1) is 0 Å². The molecule has 0 unspecified atom stereocenters. The minimum Gasteiger partial charge on any atom is 0 e. The molecule has 4 radical (unpaired) electrons. The van der Waals surface area contributed by atoms with Gasteiger partial charge in [0.15, 0.2) is 0 Å². The first kappa shape index (κ1) is 118. The van der Waals surface area contributed by atoms with Crippen LogP contribution in [0.25, 0.3) is 0 Å². The fraction of sp³-hybridized carbons (Fsp3) is 0. The fourth-order valence-corrected chi connectivity index (χ4v) is 0. The standard InChI is InChI=1S/Nb.4H2O.Pb.Sc.Ti.2H/h;4*1H2;;;;;. The van der Waals surface area contributed by atoms with Crippen molar-refractivity contribution in [3.63, 3.8) is 0 Å². The second-order valence-electron chi connectivity index (χ2n) is 0. The summed E-state index contributed by atoms with van der Waals surface area (Å²) in [5.74, 6) is 0. The predicted molar refractivity (Wildman–Crippen MR) is 23.0 cm³/mol. The quantitative estimate of drug-likeness (QED) is 0.321. The summed E-state index contributed by atoms with van der Waals surface area (Å²) >= 11 is 0. The van der Waals surface area contributed by atoms with Gasteiger partial charge in [-0.1, -0.05) is 0 Å². The minimum absolute atomic E-state index is 0. The maximum absolute atomic E-state index is 0. The molecule has 0 aliphatic carbocycles. The predicted octanol–water partition coefficient (Wildman–Crippen LogP) is -4.22. The van der Waals surface area contributed by atoms with Crippen molar-refractivity contribution in [1.82, 2.24) is 0 Å². The molecular formula is H10NbO4PbScTi. The van der Waals surface area contributed by atoms with E-state index in [1.54, 1.807) is 0 Å². The van der Waals surface area contributed by atoms with Gasteiger partial charge in [0.25, 0.3) is 0 Å². The molecule has 0 heterocycles. The summed E-state index contributed by atoms with van der Waals surface area (Å²) in [5, 5.41) is 0. The fourth-order valence-electron chi connectivity index (χ4n) is 0. The zero-order chi connectivity index (χ0) is 0. The molecule has 0 saturated heterocycles. The van der Waals surface area contributed by atoms with Gasteiger partial charge >= 0.3 is 27.3 Å². The van der Waals surface area contributed by atoms with Crippen LogP contribution in [0.2, 0.25) is 0 Å².